The molecule has 1 aliphatic heterocycles. The van der Waals surface area contributed by atoms with Crippen molar-refractivity contribution in [2.75, 3.05) is 13.1 Å². The molecule has 6 nitrogen and oxygen atoms in total. The fraction of sp³-hybridized carbons (Fsp3) is 0.727. The summed E-state index contributed by atoms with van der Waals surface area (Å²) in [5, 5.41) is 6.79. The van der Waals surface area contributed by atoms with Crippen molar-refractivity contribution in [2.45, 2.75) is 38.6 Å². The lowest BCUT2D eigenvalue weighted by atomic mass is 10.2. The van der Waals surface area contributed by atoms with E-state index in [1.165, 1.54) is 0 Å². The molecule has 6 heteroatoms. The van der Waals surface area contributed by atoms with Crippen molar-refractivity contribution in [3.8, 4) is 0 Å². The topological polar surface area (TPSA) is 87.9 Å². The number of hydrogen-bond acceptors (Lipinski definition) is 4. The highest BCUT2D eigenvalue weighted by molar-refractivity contribution is 5.90. The van der Waals surface area contributed by atoms with Gasteiger partial charge in [0.25, 0.3) is 5.91 Å². The first-order valence-corrected chi connectivity index (χ1v) is 6.06. The Balaban J connectivity index is 2.13. The van der Waals surface area contributed by atoms with Gasteiger partial charge in [-0.05, 0) is 12.8 Å². The maximum atomic E-state index is 12.2. The molecule has 1 fully saturated rings. The molecule has 94 valence electrons. The van der Waals surface area contributed by atoms with Crippen molar-refractivity contribution in [3.63, 3.8) is 0 Å². The molecular weight excluding hydrogens is 218 g/mol. The Morgan fingerprint density at radius 3 is 3.00 bits per heavy atom. The number of rotatable bonds is 3. The first kappa shape index (κ1) is 12.0. The number of likely N-dealkylation sites (tertiary alicyclic amines) is 1. The molecule has 1 unspecified atom stereocenters. The molecule has 1 amide bonds. The Hall–Kier alpha value is -1.43. The maximum Gasteiger partial charge on any atom is 0.293 e. The standard InChI is InChI=1S/C11H19N5O/c1-7(2)9-13-10(15-14-9)11(17)16-5-3-4-8(16)6-12/h7-8H,3-6,12H2,1-2H3,(H,13,14,15). The molecule has 1 aliphatic rings. The van der Waals surface area contributed by atoms with E-state index in [0.717, 1.165) is 25.2 Å². The molecule has 2 rings (SSSR count). The Morgan fingerprint density at radius 1 is 1.65 bits per heavy atom. The van der Waals surface area contributed by atoms with Gasteiger partial charge in [0, 0.05) is 25.0 Å². The van der Waals surface area contributed by atoms with E-state index in [0.29, 0.717) is 6.54 Å². The van der Waals surface area contributed by atoms with Crippen LogP contribution < -0.4 is 5.73 Å². The van der Waals surface area contributed by atoms with Gasteiger partial charge in [0.15, 0.2) is 0 Å². The van der Waals surface area contributed by atoms with Crippen LogP contribution in [0.3, 0.4) is 0 Å². The van der Waals surface area contributed by atoms with Crippen LogP contribution in [-0.4, -0.2) is 45.1 Å². The molecule has 2 heterocycles. The minimum absolute atomic E-state index is 0.110. The molecule has 0 radical (unpaired) electrons. The number of H-pyrrole nitrogens is 1. The zero-order valence-corrected chi connectivity index (χ0v) is 10.3. The van der Waals surface area contributed by atoms with E-state index < -0.39 is 0 Å². The van der Waals surface area contributed by atoms with Crippen LogP contribution in [0.25, 0.3) is 0 Å². The number of amides is 1. The molecule has 1 aromatic rings. The number of aromatic nitrogens is 3. The third-order valence-electron chi connectivity index (χ3n) is 3.15. The van der Waals surface area contributed by atoms with Crippen LogP contribution in [0, 0.1) is 0 Å². The van der Waals surface area contributed by atoms with E-state index >= 15 is 0 Å². The lowest BCUT2D eigenvalue weighted by Crippen LogP contribution is -2.40. The van der Waals surface area contributed by atoms with Crippen LogP contribution in [0.5, 0.6) is 0 Å². The van der Waals surface area contributed by atoms with Crippen LogP contribution >= 0.6 is 0 Å². The molecule has 1 atom stereocenters. The predicted octanol–water partition coefficient (Wildman–Crippen LogP) is 0.491. The smallest absolute Gasteiger partial charge is 0.293 e. The first-order valence-electron chi connectivity index (χ1n) is 6.06. The largest absolute Gasteiger partial charge is 0.332 e. The molecule has 17 heavy (non-hydrogen) atoms. The van der Waals surface area contributed by atoms with Crippen molar-refractivity contribution in [1.82, 2.24) is 20.1 Å². The lowest BCUT2D eigenvalue weighted by molar-refractivity contribution is 0.0729. The maximum absolute atomic E-state index is 12.2. The van der Waals surface area contributed by atoms with Gasteiger partial charge >= 0.3 is 0 Å². The summed E-state index contributed by atoms with van der Waals surface area (Å²) in [6.07, 6.45) is 1.98. The molecule has 1 saturated heterocycles. The minimum atomic E-state index is -0.110. The fourth-order valence-corrected chi connectivity index (χ4v) is 2.10. The lowest BCUT2D eigenvalue weighted by Gasteiger charge is -2.21. The van der Waals surface area contributed by atoms with E-state index in [1.54, 1.807) is 4.90 Å². The van der Waals surface area contributed by atoms with Gasteiger partial charge in [0.1, 0.15) is 5.82 Å². The highest BCUT2D eigenvalue weighted by Gasteiger charge is 2.30. The van der Waals surface area contributed by atoms with Crippen molar-refractivity contribution >= 4 is 5.91 Å². The van der Waals surface area contributed by atoms with Gasteiger partial charge in [0.2, 0.25) is 5.82 Å². The fourth-order valence-electron chi connectivity index (χ4n) is 2.10. The number of aromatic amines is 1. The normalized spacial score (nSPS) is 20.2. The van der Waals surface area contributed by atoms with Gasteiger partial charge in [-0.1, -0.05) is 13.8 Å². The van der Waals surface area contributed by atoms with Gasteiger partial charge in [-0.3, -0.25) is 9.89 Å². The Bertz CT molecular complexity index is 400. The molecular formula is C11H19N5O. The summed E-state index contributed by atoms with van der Waals surface area (Å²) in [7, 11) is 0. The summed E-state index contributed by atoms with van der Waals surface area (Å²) in [4.78, 5) is 18.2. The summed E-state index contributed by atoms with van der Waals surface area (Å²) in [5.74, 6) is 1.14. The number of carbonyl (C=O) groups is 1. The summed E-state index contributed by atoms with van der Waals surface area (Å²) in [6, 6.07) is 0.142. The van der Waals surface area contributed by atoms with Crippen LogP contribution in [0.4, 0.5) is 0 Å². The zero-order chi connectivity index (χ0) is 12.4. The number of nitrogens with one attached hydrogen (secondary N) is 1. The summed E-state index contributed by atoms with van der Waals surface area (Å²) >= 11 is 0. The van der Waals surface area contributed by atoms with Crippen LogP contribution in [-0.2, 0) is 0 Å². The van der Waals surface area contributed by atoms with E-state index in [2.05, 4.69) is 15.2 Å². The van der Waals surface area contributed by atoms with Crippen molar-refractivity contribution in [1.29, 1.82) is 0 Å². The molecule has 0 aliphatic carbocycles. The Labute approximate surface area is 101 Å². The van der Waals surface area contributed by atoms with Gasteiger partial charge in [-0.15, -0.1) is 5.10 Å². The average Bonchev–Trinajstić information content (AvgIpc) is 2.96. The molecule has 0 bridgehead atoms. The Kier molecular flexibility index (Phi) is 3.42. The number of carbonyl (C=O) groups excluding carboxylic acids is 1. The van der Waals surface area contributed by atoms with Crippen molar-refractivity contribution < 1.29 is 4.79 Å². The van der Waals surface area contributed by atoms with Crippen LogP contribution in [0.15, 0.2) is 0 Å². The highest BCUT2D eigenvalue weighted by atomic mass is 16.2. The van der Waals surface area contributed by atoms with E-state index in [9.17, 15) is 4.79 Å². The second-order valence-corrected chi connectivity index (χ2v) is 4.73. The van der Waals surface area contributed by atoms with Gasteiger partial charge in [-0.2, -0.15) is 0 Å². The van der Waals surface area contributed by atoms with E-state index in [-0.39, 0.29) is 23.7 Å². The molecule has 1 aromatic heterocycles. The quantitative estimate of drug-likeness (QED) is 0.801. The third kappa shape index (κ3) is 2.31. The van der Waals surface area contributed by atoms with Gasteiger partial charge in [0.05, 0.1) is 0 Å². The Morgan fingerprint density at radius 2 is 2.41 bits per heavy atom. The van der Waals surface area contributed by atoms with Gasteiger partial charge < -0.3 is 10.6 Å². The molecule has 0 aromatic carbocycles. The second kappa shape index (κ2) is 4.83. The monoisotopic (exact) mass is 237 g/mol. The first-order chi connectivity index (χ1) is 8.13. The predicted molar refractivity (Wildman–Crippen MR) is 63.6 cm³/mol. The molecule has 0 saturated carbocycles. The number of hydrogen-bond donors (Lipinski definition) is 2. The molecule has 0 spiro atoms. The third-order valence-corrected chi connectivity index (χ3v) is 3.15. The summed E-state index contributed by atoms with van der Waals surface area (Å²) in [5.41, 5.74) is 5.65. The SMILES string of the molecule is CC(C)c1nc(C(=O)N2CCCC2CN)n[nH]1. The van der Waals surface area contributed by atoms with E-state index in [1.807, 2.05) is 13.8 Å². The van der Waals surface area contributed by atoms with E-state index in [4.69, 9.17) is 5.73 Å². The van der Waals surface area contributed by atoms with Crippen LogP contribution in [0.2, 0.25) is 0 Å². The van der Waals surface area contributed by atoms with Crippen LogP contribution in [0.1, 0.15) is 49.1 Å². The number of nitrogens with zero attached hydrogens (tertiary/aromatic N) is 3. The molecule has 3 N–H and O–H groups in total. The highest BCUT2D eigenvalue weighted by Crippen LogP contribution is 2.18. The van der Waals surface area contributed by atoms with Crippen molar-refractivity contribution in [2.24, 2.45) is 5.73 Å². The average molecular weight is 237 g/mol. The number of nitrogens with two attached hydrogens (primary N) is 1. The summed E-state index contributed by atoms with van der Waals surface area (Å²) in [6.45, 7) is 5.28. The zero-order valence-electron chi connectivity index (χ0n) is 10.3. The van der Waals surface area contributed by atoms with Gasteiger partial charge in [-0.25, -0.2) is 4.98 Å². The minimum Gasteiger partial charge on any atom is -0.332 e. The second-order valence-electron chi connectivity index (χ2n) is 4.73. The van der Waals surface area contributed by atoms with Crippen molar-refractivity contribution in [3.05, 3.63) is 11.6 Å². The summed E-state index contributed by atoms with van der Waals surface area (Å²) < 4.78 is 0.